The standard InChI is InChI=1S/C14H14BrN3O2/c15-10-1-4-12(9(7-10)8-16)20-13-14(19)18(6-5-17-13)11-2-3-11/h1,4-7,11H,2-3,8,16H2. The van der Waals surface area contributed by atoms with E-state index in [0.717, 1.165) is 22.9 Å². The van der Waals surface area contributed by atoms with E-state index in [1.807, 2.05) is 12.1 Å². The van der Waals surface area contributed by atoms with Crippen LogP contribution in [0.5, 0.6) is 11.6 Å². The van der Waals surface area contributed by atoms with Gasteiger partial charge in [0.05, 0.1) is 0 Å². The number of halogens is 1. The Morgan fingerprint density at radius 3 is 2.95 bits per heavy atom. The van der Waals surface area contributed by atoms with Gasteiger partial charge in [-0.2, -0.15) is 0 Å². The Balaban J connectivity index is 1.95. The molecule has 2 aromatic rings. The molecule has 1 aliphatic rings. The topological polar surface area (TPSA) is 70.1 Å². The second-order valence-corrected chi connectivity index (χ2v) is 5.65. The first kappa shape index (κ1) is 13.3. The van der Waals surface area contributed by atoms with Crippen LogP contribution in [-0.2, 0) is 6.54 Å². The Hall–Kier alpha value is -1.66. The van der Waals surface area contributed by atoms with E-state index < -0.39 is 0 Å². The molecule has 1 aromatic heterocycles. The van der Waals surface area contributed by atoms with Crippen molar-refractivity contribution < 1.29 is 4.74 Å². The fraction of sp³-hybridized carbons (Fsp3) is 0.286. The van der Waals surface area contributed by atoms with Crippen LogP contribution in [-0.4, -0.2) is 9.55 Å². The highest BCUT2D eigenvalue weighted by Crippen LogP contribution is 2.33. The molecule has 20 heavy (non-hydrogen) atoms. The summed E-state index contributed by atoms with van der Waals surface area (Å²) in [5.41, 5.74) is 6.32. The van der Waals surface area contributed by atoms with Crippen molar-refractivity contribution in [2.24, 2.45) is 5.73 Å². The van der Waals surface area contributed by atoms with Crippen LogP contribution in [0.2, 0.25) is 0 Å². The van der Waals surface area contributed by atoms with Crippen LogP contribution in [0.4, 0.5) is 0 Å². The highest BCUT2D eigenvalue weighted by molar-refractivity contribution is 9.10. The van der Waals surface area contributed by atoms with Crippen molar-refractivity contribution in [2.45, 2.75) is 25.4 Å². The van der Waals surface area contributed by atoms with Gasteiger partial charge >= 0.3 is 5.56 Å². The average Bonchev–Trinajstić information content (AvgIpc) is 3.27. The summed E-state index contributed by atoms with van der Waals surface area (Å²) in [5, 5.41) is 0. The third-order valence-electron chi connectivity index (χ3n) is 3.23. The summed E-state index contributed by atoms with van der Waals surface area (Å²) in [7, 11) is 0. The molecule has 1 aliphatic carbocycles. The van der Waals surface area contributed by atoms with Gasteiger partial charge in [0, 0.05) is 35.0 Å². The maximum atomic E-state index is 12.3. The molecular formula is C14H14BrN3O2. The zero-order valence-corrected chi connectivity index (χ0v) is 12.3. The molecule has 2 N–H and O–H groups in total. The van der Waals surface area contributed by atoms with E-state index in [9.17, 15) is 4.79 Å². The zero-order chi connectivity index (χ0) is 14.1. The van der Waals surface area contributed by atoms with E-state index in [0.29, 0.717) is 18.3 Å². The molecule has 5 nitrogen and oxygen atoms in total. The minimum atomic E-state index is -0.194. The summed E-state index contributed by atoms with van der Waals surface area (Å²) in [6, 6.07) is 5.79. The predicted octanol–water partition coefficient (Wildman–Crippen LogP) is 2.59. The van der Waals surface area contributed by atoms with Gasteiger partial charge in [-0.15, -0.1) is 0 Å². The molecule has 6 heteroatoms. The molecule has 0 radical (unpaired) electrons. The van der Waals surface area contributed by atoms with E-state index in [-0.39, 0.29) is 11.4 Å². The van der Waals surface area contributed by atoms with Crippen molar-refractivity contribution in [1.82, 2.24) is 9.55 Å². The van der Waals surface area contributed by atoms with Gasteiger partial charge in [-0.3, -0.25) is 4.79 Å². The minimum Gasteiger partial charge on any atom is -0.434 e. The molecule has 0 bridgehead atoms. The lowest BCUT2D eigenvalue weighted by atomic mass is 10.2. The second-order valence-electron chi connectivity index (χ2n) is 4.73. The predicted molar refractivity (Wildman–Crippen MR) is 78.9 cm³/mol. The van der Waals surface area contributed by atoms with E-state index >= 15 is 0 Å². The van der Waals surface area contributed by atoms with Crippen molar-refractivity contribution in [3.8, 4) is 11.6 Å². The van der Waals surface area contributed by atoms with Gasteiger partial charge in [0.25, 0.3) is 5.88 Å². The molecule has 0 spiro atoms. The van der Waals surface area contributed by atoms with E-state index in [1.54, 1.807) is 23.0 Å². The van der Waals surface area contributed by atoms with Crippen molar-refractivity contribution >= 4 is 15.9 Å². The number of rotatable bonds is 4. The maximum absolute atomic E-state index is 12.3. The van der Waals surface area contributed by atoms with Crippen LogP contribution in [0.25, 0.3) is 0 Å². The molecular weight excluding hydrogens is 322 g/mol. The SMILES string of the molecule is NCc1cc(Br)ccc1Oc1nccn(C2CC2)c1=O. The average molecular weight is 336 g/mol. The molecule has 0 aliphatic heterocycles. The zero-order valence-electron chi connectivity index (χ0n) is 10.8. The third kappa shape index (κ3) is 2.62. The Labute approximate surface area is 124 Å². The molecule has 0 amide bonds. The quantitative estimate of drug-likeness (QED) is 0.932. The first-order valence-electron chi connectivity index (χ1n) is 6.42. The van der Waals surface area contributed by atoms with Gasteiger partial charge in [0.1, 0.15) is 5.75 Å². The number of ether oxygens (including phenoxy) is 1. The lowest BCUT2D eigenvalue weighted by Crippen LogP contribution is -2.20. The largest absolute Gasteiger partial charge is 0.434 e. The number of hydrogen-bond donors (Lipinski definition) is 1. The third-order valence-corrected chi connectivity index (χ3v) is 3.72. The first-order chi connectivity index (χ1) is 9.69. The number of benzene rings is 1. The van der Waals surface area contributed by atoms with Crippen molar-refractivity contribution in [3.05, 3.63) is 51.0 Å². The molecule has 0 unspecified atom stereocenters. The molecule has 0 atom stereocenters. The first-order valence-corrected chi connectivity index (χ1v) is 7.22. The van der Waals surface area contributed by atoms with Crippen LogP contribution in [0.3, 0.4) is 0 Å². The lowest BCUT2D eigenvalue weighted by molar-refractivity contribution is 0.439. The summed E-state index contributed by atoms with van der Waals surface area (Å²) in [6.45, 7) is 0.332. The molecule has 1 saturated carbocycles. The molecule has 1 aromatic carbocycles. The number of hydrogen-bond acceptors (Lipinski definition) is 4. The normalized spacial score (nSPS) is 14.3. The van der Waals surface area contributed by atoms with Crippen LogP contribution in [0, 0.1) is 0 Å². The highest BCUT2D eigenvalue weighted by atomic mass is 79.9. The Kier molecular flexibility index (Phi) is 3.58. The number of aromatic nitrogens is 2. The summed E-state index contributed by atoms with van der Waals surface area (Å²) in [6.07, 6.45) is 5.37. The van der Waals surface area contributed by atoms with E-state index in [2.05, 4.69) is 20.9 Å². The van der Waals surface area contributed by atoms with Gasteiger partial charge in [-0.1, -0.05) is 15.9 Å². The van der Waals surface area contributed by atoms with Crippen LogP contribution in [0.15, 0.2) is 39.9 Å². The lowest BCUT2D eigenvalue weighted by Gasteiger charge is -2.10. The van der Waals surface area contributed by atoms with Crippen molar-refractivity contribution in [2.75, 3.05) is 0 Å². The Bertz CT molecular complexity index is 695. The van der Waals surface area contributed by atoms with Gasteiger partial charge in [0.2, 0.25) is 0 Å². The maximum Gasteiger partial charge on any atom is 0.313 e. The van der Waals surface area contributed by atoms with Crippen LogP contribution >= 0.6 is 15.9 Å². The molecule has 0 saturated heterocycles. The summed E-state index contributed by atoms with van der Waals surface area (Å²) in [4.78, 5) is 16.3. The summed E-state index contributed by atoms with van der Waals surface area (Å²) in [5.74, 6) is 0.658. The molecule has 1 fully saturated rings. The summed E-state index contributed by atoms with van der Waals surface area (Å²) < 4.78 is 8.26. The molecule has 104 valence electrons. The Morgan fingerprint density at radius 1 is 1.45 bits per heavy atom. The smallest absolute Gasteiger partial charge is 0.313 e. The number of nitrogens with zero attached hydrogens (tertiary/aromatic N) is 2. The monoisotopic (exact) mass is 335 g/mol. The van der Waals surface area contributed by atoms with E-state index in [4.69, 9.17) is 10.5 Å². The Morgan fingerprint density at radius 2 is 2.25 bits per heavy atom. The van der Waals surface area contributed by atoms with Gasteiger partial charge in [-0.25, -0.2) is 4.98 Å². The van der Waals surface area contributed by atoms with Crippen molar-refractivity contribution in [1.29, 1.82) is 0 Å². The fourth-order valence-electron chi connectivity index (χ4n) is 2.03. The fourth-order valence-corrected chi connectivity index (χ4v) is 2.44. The van der Waals surface area contributed by atoms with Crippen molar-refractivity contribution in [3.63, 3.8) is 0 Å². The van der Waals surface area contributed by atoms with E-state index in [1.165, 1.54) is 0 Å². The highest BCUT2D eigenvalue weighted by Gasteiger charge is 2.25. The minimum absolute atomic E-state index is 0.0939. The second kappa shape index (κ2) is 5.38. The van der Waals surface area contributed by atoms with Gasteiger partial charge in [-0.05, 0) is 31.0 Å². The summed E-state index contributed by atoms with van der Waals surface area (Å²) >= 11 is 3.38. The molecule has 3 rings (SSSR count). The van der Waals surface area contributed by atoms with Crippen LogP contribution in [0.1, 0.15) is 24.4 Å². The van der Waals surface area contributed by atoms with Gasteiger partial charge in [0.15, 0.2) is 0 Å². The van der Waals surface area contributed by atoms with Crippen LogP contribution < -0.4 is 16.0 Å². The van der Waals surface area contributed by atoms with Gasteiger partial charge < -0.3 is 15.0 Å². The number of nitrogens with two attached hydrogens (primary N) is 1. The molecule has 1 heterocycles.